The van der Waals surface area contributed by atoms with E-state index in [9.17, 15) is 26.7 Å². The standard InChI is InChI=1S/C19H16F5N3O3/c1-8-11(9(2)27(3)26-8)6-25-19(28)12-5-4-10(30-12)7-29-18-16(23)14(21)13(20)15(22)17(18)24/h4-5H,6-7H2,1-3H3,(H,25,28). The van der Waals surface area contributed by atoms with Crippen molar-refractivity contribution in [3.05, 3.63) is 69.7 Å². The van der Waals surface area contributed by atoms with Gasteiger partial charge in [0.1, 0.15) is 12.4 Å². The van der Waals surface area contributed by atoms with E-state index >= 15 is 0 Å². The number of nitrogens with one attached hydrogen (secondary N) is 1. The lowest BCUT2D eigenvalue weighted by Gasteiger charge is -2.09. The predicted octanol–water partition coefficient (Wildman–Crippen LogP) is 3.83. The number of hydrogen-bond donors (Lipinski definition) is 1. The molecule has 2 aromatic heterocycles. The second kappa shape index (κ2) is 8.17. The van der Waals surface area contributed by atoms with Crippen LogP contribution in [0.3, 0.4) is 0 Å². The smallest absolute Gasteiger partial charge is 0.287 e. The van der Waals surface area contributed by atoms with Crippen molar-refractivity contribution in [2.45, 2.75) is 27.0 Å². The fraction of sp³-hybridized carbons (Fsp3) is 0.263. The molecule has 1 aromatic carbocycles. The van der Waals surface area contributed by atoms with E-state index in [4.69, 9.17) is 9.15 Å². The molecule has 0 aliphatic rings. The highest BCUT2D eigenvalue weighted by molar-refractivity contribution is 5.91. The summed E-state index contributed by atoms with van der Waals surface area (Å²) in [6.45, 7) is 3.19. The van der Waals surface area contributed by atoms with Crippen molar-refractivity contribution in [3.63, 3.8) is 0 Å². The normalized spacial score (nSPS) is 11.1. The zero-order valence-electron chi connectivity index (χ0n) is 16.1. The van der Waals surface area contributed by atoms with Crippen molar-refractivity contribution in [2.24, 2.45) is 7.05 Å². The fourth-order valence-electron chi connectivity index (χ4n) is 2.76. The Hall–Kier alpha value is -3.37. The molecule has 0 spiro atoms. The number of ether oxygens (including phenoxy) is 1. The van der Waals surface area contributed by atoms with Gasteiger partial charge in [-0.3, -0.25) is 9.48 Å². The lowest BCUT2D eigenvalue weighted by atomic mass is 10.2. The zero-order valence-corrected chi connectivity index (χ0v) is 16.1. The first-order chi connectivity index (χ1) is 14.1. The number of carbonyl (C=O) groups excluding carboxylic acids is 1. The van der Waals surface area contributed by atoms with Crippen molar-refractivity contribution in [2.75, 3.05) is 0 Å². The number of rotatable bonds is 6. The lowest BCUT2D eigenvalue weighted by Crippen LogP contribution is -2.23. The van der Waals surface area contributed by atoms with Crippen molar-refractivity contribution >= 4 is 5.91 Å². The minimum atomic E-state index is -2.28. The molecule has 0 saturated carbocycles. The van der Waals surface area contributed by atoms with Crippen LogP contribution in [0.15, 0.2) is 16.5 Å². The van der Waals surface area contributed by atoms with E-state index in [1.54, 1.807) is 18.7 Å². The molecule has 30 heavy (non-hydrogen) atoms. The summed E-state index contributed by atoms with van der Waals surface area (Å²) in [6.07, 6.45) is 0. The summed E-state index contributed by atoms with van der Waals surface area (Å²) < 4.78 is 78.3. The summed E-state index contributed by atoms with van der Waals surface area (Å²) in [5, 5.41) is 6.89. The maximum atomic E-state index is 13.6. The van der Waals surface area contributed by atoms with E-state index in [-0.39, 0.29) is 18.1 Å². The molecule has 6 nitrogen and oxygen atoms in total. The van der Waals surface area contributed by atoms with Crippen molar-refractivity contribution in [3.8, 4) is 5.75 Å². The summed E-state index contributed by atoms with van der Waals surface area (Å²) in [5.41, 5.74) is 2.48. The molecule has 0 bridgehead atoms. The fourth-order valence-corrected chi connectivity index (χ4v) is 2.76. The minimum absolute atomic E-state index is 0.0576. The molecule has 11 heteroatoms. The van der Waals surface area contributed by atoms with Gasteiger partial charge < -0.3 is 14.5 Å². The van der Waals surface area contributed by atoms with Gasteiger partial charge in [-0.25, -0.2) is 13.2 Å². The van der Waals surface area contributed by atoms with Crippen LogP contribution in [0.25, 0.3) is 0 Å². The summed E-state index contributed by atoms with van der Waals surface area (Å²) in [6, 6.07) is 2.57. The van der Waals surface area contributed by atoms with Gasteiger partial charge in [0.2, 0.25) is 29.1 Å². The van der Waals surface area contributed by atoms with E-state index < -0.39 is 47.3 Å². The highest BCUT2D eigenvalue weighted by Gasteiger charge is 2.27. The summed E-state index contributed by atoms with van der Waals surface area (Å²) in [4.78, 5) is 12.2. The Balaban J connectivity index is 1.66. The highest BCUT2D eigenvalue weighted by Crippen LogP contribution is 2.29. The van der Waals surface area contributed by atoms with Crippen LogP contribution in [0.5, 0.6) is 5.75 Å². The molecule has 3 rings (SSSR count). The third kappa shape index (κ3) is 3.87. The van der Waals surface area contributed by atoms with Gasteiger partial charge in [0, 0.05) is 24.8 Å². The molecule has 0 radical (unpaired) electrons. The maximum absolute atomic E-state index is 13.6. The molecule has 2 heterocycles. The number of carbonyl (C=O) groups is 1. The average molecular weight is 429 g/mol. The molecule has 0 fully saturated rings. The molecule has 0 unspecified atom stereocenters. The molecular formula is C19H16F5N3O3. The summed E-state index contributed by atoms with van der Waals surface area (Å²) in [5.74, 6) is -12.9. The number of hydrogen-bond acceptors (Lipinski definition) is 4. The number of benzene rings is 1. The first-order valence-electron chi connectivity index (χ1n) is 8.62. The summed E-state index contributed by atoms with van der Waals surface area (Å²) >= 11 is 0. The second-order valence-electron chi connectivity index (χ2n) is 6.41. The average Bonchev–Trinajstić information content (AvgIpc) is 3.28. The number of furan rings is 1. The zero-order chi connectivity index (χ0) is 22.2. The molecule has 0 aliphatic heterocycles. The Labute approximate surface area is 167 Å². The van der Waals surface area contributed by atoms with Gasteiger partial charge in [-0.2, -0.15) is 13.9 Å². The third-order valence-electron chi connectivity index (χ3n) is 4.50. The van der Waals surface area contributed by atoms with Crippen LogP contribution >= 0.6 is 0 Å². The van der Waals surface area contributed by atoms with Crippen molar-refractivity contribution < 1.29 is 35.9 Å². The Morgan fingerprint density at radius 1 is 1.07 bits per heavy atom. The van der Waals surface area contributed by atoms with Crippen LogP contribution < -0.4 is 10.1 Å². The molecule has 3 aromatic rings. The first-order valence-corrected chi connectivity index (χ1v) is 8.62. The molecule has 1 N–H and O–H groups in total. The highest BCUT2D eigenvalue weighted by atomic mass is 19.2. The lowest BCUT2D eigenvalue weighted by molar-refractivity contribution is 0.0918. The Morgan fingerprint density at radius 3 is 2.23 bits per heavy atom. The van der Waals surface area contributed by atoms with Gasteiger partial charge in [0.25, 0.3) is 5.91 Å². The van der Waals surface area contributed by atoms with E-state index in [1.807, 2.05) is 6.92 Å². The monoisotopic (exact) mass is 429 g/mol. The molecule has 1 amide bonds. The molecular weight excluding hydrogens is 413 g/mol. The Bertz CT molecular complexity index is 1090. The number of aryl methyl sites for hydroxylation is 2. The van der Waals surface area contributed by atoms with E-state index in [0.717, 1.165) is 17.0 Å². The van der Waals surface area contributed by atoms with Gasteiger partial charge in [-0.05, 0) is 26.0 Å². The Kier molecular flexibility index (Phi) is 5.81. The number of nitrogens with zero attached hydrogens (tertiary/aromatic N) is 2. The van der Waals surface area contributed by atoms with Gasteiger partial charge in [0.15, 0.2) is 11.5 Å². The summed E-state index contributed by atoms with van der Waals surface area (Å²) in [7, 11) is 1.77. The van der Waals surface area contributed by atoms with Crippen molar-refractivity contribution in [1.29, 1.82) is 0 Å². The van der Waals surface area contributed by atoms with Crippen LogP contribution in [0, 0.1) is 42.9 Å². The molecule has 160 valence electrons. The molecule has 0 atom stereocenters. The number of aromatic nitrogens is 2. The van der Waals surface area contributed by atoms with Gasteiger partial charge in [-0.15, -0.1) is 0 Å². The van der Waals surface area contributed by atoms with Crippen LogP contribution in [0.2, 0.25) is 0 Å². The van der Waals surface area contributed by atoms with Gasteiger partial charge in [-0.1, -0.05) is 0 Å². The number of amides is 1. The van der Waals surface area contributed by atoms with Crippen molar-refractivity contribution in [1.82, 2.24) is 15.1 Å². The Morgan fingerprint density at radius 2 is 1.67 bits per heavy atom. The van der Waals surface area contributed by atoms with E-state index in [0.29, 0.717) is 0 Å². The predicted molar refractivity (Wildman–Crippen MR) is 93.1 cm³/mol. The van der Waals surface area contributed by atoms with Gasteiger partial charge >= 0.3 is 0 Å². The third-order valence-corrected chi connectivity index (χ3v) is 4.50. The number of halogens is 5. The topological polar surface area (TPSA) is 69.3 Å². The maximum Gasteiger partial charge on any atom is 0.287 e. The minimum Gasteiger partial charge on any atom is -0.479 e. The molecule has 0 aliphatic carbocycles. The van der Waals surface area contributed by atoms with Crippen LogP contribution in [-0.4, -0.2) is 15.7 Å². The van der Waals surface area contributed by atoms with Crippen LogP contribution in [-0.2, 0) is 20.2 Å². The largest absolute Gasteiger partial charge is 0.479 e. The first kappa shape index (κ1) is 21.3. The van der Waals surface area contributed by atoms with Crippen LogP contribution in [0.1, 0.15) is 33.3 Å². The second-order valence-corrected chi connectivity index (χ2v) is 6.41. The van der Waals surface area contributed by atoms with Gasteiger partial charge in [0.05, 0.1) is 5.69 Å². The SMILES string of the molecule is Cc1nn(C)c(C)c1CNC(=O)c1ccc(COc2c(F)c(F)c(F)c(F)c2F)o1. The molecule has 0 saturated heterocycles. The van der Waals surface area contributed by atoms with E-state index in [1.165, 1.54) is 12.1 Å². The quantitative estimate of drug-likeness (QED) is 0.367. The van der Waals surface area contributed by atoms with Crippen LogP contribution in [0.4, 0.5) is 22.0 Å². The van der Waals surface area contributed by atoms with E-state index in [2.05, 4.69) is 10.4 Å².